The molecular formula is C12H21Cl. The molecule has 1 aliphatic rings. The maximum absolute atomic E-state index is 6.40. The molecule has 4 unspecified atom stereocenters. The summed E-state index contributed by atoms with van der Waals surface area (Å²) in [6.45, 7) is 13.1. The Hall–Kier alpha value is 0.0300. The highest BCUT2D eigenvalue weighted by atomic mass is 35.5. The Labute approximate surface area is 87.4 Å². The van der Waals surface area contributed by atoms with Crippen LogP contribution in [0.25, 0.3) is 0 Å². The molecule has 0 spiro atoms. The summed E-state index contributed by atoms with van der Waals surface area (Å²) >= 11 is 6.40. The molecule has 0 aromatic heterocycles. The van der Waals surface area contributed by atoms with Gasteiger partial charge >= 0.3 is 0 Å². The first kappa shape index (κ1) is 11.1. The predicted octanol–water partition coefficient (Wildman–Crippen LogP) is 3.95. The van der Waals surface area contributed by atoms with Crippen LogP contribution in [0.15, 0.2) is 12.7 Å². The molecule has 0 saturated heterocycles. The number of alkyl halides is 1. The molecule has 1 fully saturated rings. The fourth-order valence-corrected chi connectivity index (χ4v) is 3.13. The molecule has 0 bridgehead atoms. The molecule has 0 nitrogen and oxygen atoms in total. The minimum atomic E-state index is 0.334. The van der Waals surface area contributed by atoms with E-state index in [1.807, 2.05) is 0 Å². The summed E-state index contributed by atoms with van der Waals surface area (Å²) in [5.74, 6) is 3.20. The van der Waals surface area contributed by atoms with Crippen LogP contribution in [0.3, 0.4) is 0 Å². The molecule has 0 aliphatic heterocycles. The van der Waals surface area contributed by atoms with Crippen molar-refractivity contribution in [2.45, 2.75) is 33.1 Å². The van der Waals surface area contributed by atoms with E-state index < -0.39 is 0 Å². The first-order valence-electron chi connectivity index (χ1n) is 5.27. The van der Waals surface area contributed by atoms with Crippen molar-refractivity contribution in [3.8, 4) is 0 Å². The lowest BCUT2D eigenvalue weighted by atomic mass is 9.64. The van der Waals surface area contributed by atoms with E-state index in [0.717, 1.165) is 0 Å². The van der Waals surface area contributed by atoms with Gasteiger partial charge < -0.3 is 0 Å². The van der Waals surface area contributed by atoms with E-state index in [1.54, 1.807) is 0 Å². The van der Waals surface area contributed by atoms with Crippen molar-refractivity contribution in [1.29, 1.82) is 0 Å². The van der Waals surface area contributed by atoms with Crippen molar-refractivity contribution in [3.63, 3.8) is 0 Å². The van der Waals surface area contributed by atoms with E-state index in [9.17, 15) is 0 Å². The molecule has 0 radical (unpaired) electrons. The van der Waals surface area contributed by atoms with Crippen molar-refractivity contribution < 1.29 is 0 Å². The third-order valence-corrected chi connectivity index (χ3v) is 4.94. The van der Waals surface area contributed by atoms with Crippen LogP contribution < -0.4 is 0 Å². The molecule has 1 heteroatoms. The summed E-state index contributed by atoms with van der Waals surface area (Å²) in [6, 6.07) is 0. The van der Waals surface area contributed by atoms with Crippen LogP contribution in [0, 0.1) is 29.6 Å². The average molecular weight is 201 g/mol. The maximum Gasteiger partial charge on any atom is 0.0392 e. The molecule has 0 aromatic rings. The summed E-state index contributed by atoms with van der Waals surface area (Å²) in [5.41, 5.74) is 0. The Kier molecular flexibility index (Phi) is 3.45. The predicted molar refractivity (Wildman–Crippen MR) is 60.0 cm³/mol. The maximum atomic E-state index is 6.40. The summed E-state index contributed by atoms with van der Waals surface area (Å²) < 4.78 is 0. The number of allylic oxidation sites excluding steroid dienone is 1. The van der Waals surface area contributed by atoms with Crippen LogP contribution in [-0.4, -0.2) is 5.38 Å². The lowest BCUT2D eigenvalue weighted by Gasteiger charge is -2.44. The van der Waals surface area contributed by atoms with E-state index in [4.69, 9.17) is 11.6 Å². The highest BCUT2D eigenvalue weighted by Gasteiger charge is 2.40. The van der Waals surface area contributed by atoms with Gasteiger partial charge in [-0.05, 0) is 29.6 Å². The van der Waals surface area contributed by atoms with Crippen molar-refractivity contribution >= 4 is 11.6 Å². The van der Waals surface area contributed by atoms with Gasteiger partial charge in [0.15, 0.2) is 0 Å². The molecule has 1 aliphatic carbocycles. The normalized spacial score (nSPS) is 51.8. The minimum absolute atomic E-state index is 0.334. The van der Waals surface area contributed by atoms with E-state index in [1.165, 1.54) is 0 Å². The van der Waals surface area contributed by atoms with Crippen molar-refractivity contribution in [2.24, 2.45) is 29.6 Å². The van der Waals surface area contributed by atoms with Crippen molar-refractivity contribution in [2.75, 3.05) is 0 Å². The van der Waals surface area contributed by atoms with Gasteiger partial charge in [0.25, 0.3) is 0 Å². The minimum Gasteiger partial charge on any atom is -0.122 e. The number of rotatable bonds is 1. The molecule has 13 heavy (non-hydrogen) atoms. The fraction of sp³-hybridized carbons (Fsp3) is 0.833. The average Bonchev–Trinajstić information content (AvgIpc) is 2.13. The monoisotopic (exact) mass is 200 g/mol. The molecule has 0 N–H and O–H groups in total. The zero-order valence-corrected chi connectivity index (χ0v) is 9.88. The third-order valence-electron chi connectivity index (χ3n) is 4.15. The largest absolute Gasteiger partial charge is 0.122 e. The van der Waals surface area contributed by atoms with Crippen molar-refractivity contribution in [3.05, 3.63) is 12.7 Å². The van der Waals surface area contributed by atoms with Gasteiger partial charge in [-0.15, -0.1) is 18.2 Å². The fourth-order valence-electron chi connectivity index (χ4n) is 2.67. The third kappa shape index (κ3) is 1.79. The number of halogens is 1. The van der Waals surface area contributed by atoms with Gasteiger partial charge in [-0.1, -0.05) is 33.8 Å². The van der Waals surface area contributed by atoms with E-state index >= 15 is 0 Å². The summed E-state index contributed by atoms with van der Waals surface area (Å²) in [5, 5.41) is 0.334. The van der Waals surface area contributed by atoms with Gasteiger partial charge in [-0.3, -0.25) is 0 Å². The second kappa shape index (κ2) is 4.04. The van der Waals surface area contributed by atoms with Crippen LogP contribution >= 0.6 is 11.6 Å². The molecular weight excluding hydrogens is 180 g/mol. The summed E-state index contributed by atoms with van der Waals surface area (Å²) in [6.07, 6.45) is 2.12. The molecule has 1 rings (SSSR count). The van der Waals surface area contributed by atoms with Gasteiger partial charge in [0.1, 0.15) is 0 Å². The summed E-state index contributed by atoms with van der Waals surface area (Å²) in [7, 11) is 0. The smallest absolute Gasteiger partial charge is 0.0392 e. The number of hydrogen-bond donors (Lipinski definition) is 0. The highest BCUT2D eigenvalue weighted by molar-refractivity contribution is 6.21. The Bertz CT molecular complexity index is 172. The van der Waals surface area contributed by atoms with Crippen molar-refractivity contribution in [1.82, 2.24) is 0 Å². The van der Waals surface area contributed by atoms with Crippen LogP contribution in [0.2, 0.25) is 0 Å². The Morgan fingerprint density at radius 2 is 1.31 bits per heavy atom. The first-order valence-corrected chi connectivity index (χ1v) is 5.71. The van der Waals surface area contributed by atoms with Gasteiger partial charge in [0.05, 0.1) is 0 Å². The topological polar surface area (TPSA) is 0 Å². The molecule has 0 heterocycles. The first-order chi connectivity index (χ1) is 6.00. The van der Waals surface area contributed by atoms with Gasteiger partial charge in [0.2, 0.25) is 0 Å². The molecule has 0 aromatic carbocycles. The van der Waals surface area contributed by atoms with E-state index in [0.29, 0.717) is 35.0 Å². The van der Waals surface area contributed by atoms with Crippen LogP contribution in [0.1, 0.15) is 27.7 Å². The van der Waals surface area contributed by atoms with Gasteiger partial charge in [-0.2, -0.15) is 0 Å². The van der Waals surface area contributed by atoms with Gasteiger partial charge in [-0.25, -0.2) is 0 Å². The van der Waals surface area contributed by atoms with Gasteiger partial charge in [0, 0.05) is 5.38 Å². The quantitative estimate of drug-likeness (QED) is 0.444. The zero-order chi connectivity index (χ0) is 10.2. The summed E-state index contributed by atoms with van der Waals surface area (Å²) in [4.78, 5) is 0. The van der Waals surface area contributed by atoms with E-state index in [2.05, 4.69) is 40.3 Å². The van der Waals surface area contributed by atoms with Crippen LogP contribution in [0.5, 0.6) is 0 Å². The second-order valence-corrected chi connectivity index (χ2v) is 5.20. The Morgan fingerprint density at radius 3 is 1.62 bits per heavy atom. The SMILES string of the molecule is C=CC1C(C)C(C)C(Cl)C(C)C1C. The highest BCUT2D eigenvalue weighted by Crippen LogP contribution is 2.44. The zero-order valence-electron chi connectivity index (χ0n) is 9.13. The van der Waals surface area contributed by atoms with Crippen LogP contribution in [-0.2, 0) is 0 Å². The molecule has 0 amide bonds. The standard InChI is InChI=1S/C12H21Cl/c1-6-11-7(2)9(4)12(13)10(5)8(11)3/h6-12H,1H2,2-5H3. The molecule has 1 saturated carbocycles. The Balaban J connectivity index is 2.85. The molecule has 76 valence electrons. The second-order valence-electron chi connectivity index (χ2n) is 4.69. The van der Waals surface area contributed by atoms with Crippen LogP contribution in [0.4, 0.5) is 0 Å². The molecule has 4 atom stereocenters. The van der Waals surface area contributed by atoms with E-state index in [-0.39, 0.29) is 0 Å². The lowest BCUT2D eigenvalue weighted by molar-refractivity contribution is 0.109. The lowest BCUT2D eigenvalue weighted by Crippen LogP contribution is -2.42. The Morgan fingerprint density at radius 1 is 0.923 bits per heavy atom. The number of hydrogen-bond acceptors (Lipinski definition) is 0.